The first-order valence-electron chi connectivity index (χ1n) is 11.0. The molecule has 3 rings (SSSR count). The number of hydrogen-bond donors (Lipinski definition) is 2. The van der Waals surface area contributed by atoms with Gasteiger partial charge in [0, 0.05) is 42.3 Å². The second kappa shape index (κ2) is 11.1. The number of carbonyl (C=O) groups is 3. The quantitative estimate of drug-likeness (QED) is 0.645. The van der Waals surface area contributed by atoms with Crippen molar-refractivity contribution in [1.29, 1.82) is 0 Å². The van der Waals surface area contributed by atoms with Crippen molar-refractivity contribution in [3.8, 4) is 0 Å². The van der Waals surface area contributed by atoms with Gasteiger partial charge in [0.2, 0.25) is 11.8 Å². The highest BCUT2D eigenvalue weighted by molar-refractivity contribution is 6.30. The molecule has 0 radical (unpaired) electrons. The van der Waals surface area contributed by atoms with Gasteiger partial charge in [-0.2, -0.15) is 0 Å². The van der Waals surface area contributed by atoms with E-state index in [9.17, 15) is 14.4 Å². The maximum atomic E-state index is 12.8. The number of nitrogens with one attached hydrogen (secondary N) is 2. The van der Waals surface area contributed by atoms with Crippen LogP contribution < -0.4 is 10.6 Å². The number of nitrogens with zero attached hydrogens (tertiary/aromatic N) is 1. The summed E-state index contributed by atoms with van der Waals surface area (Å²) >= 11 is 5.91. The number of amides is 3. The van der Waals surface area contributed by atoms with Crippen molar-refractivity contribution in [3.05, 3.63) is 64.7 Å². The molecule has 1 aliphatic rings. The summed E-state index contributed by atoms with van der Waals surface area (Å²) in [5.41, 5.74) is 2.21. The predicted octanol–water partition coefficient (Wildman–Crippen LogP) is 4.49. The molecule has 0 aromatic heterocycles. The van der Waals surface area contributed by atoms with Crippen molar-refractivity contribution in [1.82, 2.24) is 10.2 Å². The molecular formula is C25H30ClN3O3. The first kappa shape index (κ1) is 23.8. The minimum absolute atomic E-state index is 0.0196. The Bertz CT molecular complexity index is 959. The third kappa shape index (κ3) is 6.82. The Labute approximate surface area is 194 Å². The largest absolute Gasteiger partial charge is 0.352 e. The lowest BCUT2D eigenvalue weighted by atomic mass is 9.96. The minimum atomic E-state index is -0.242. The molecule has 2 N–H and O–H groups in total. The van der Waals surface area contributed by atoms with Gasteiger partial charge in [0.05, 0.1) is 5.92 Å². The minimum Gasteiger partial charge on any atom is -0.352 e. The van der Waals surface area contributed by atoms with E-state index in [1.807, 2.05) is 38.1 Å². The molecule has 3 amide bonds. The number of hydrogen-bond acceptors (Lipinski definition) is 3. The first-order valence-corrected chi connectivity index (χ1v) is 11.4. The summed E-state index contributed by atoms with van der Waals surface area (Å²) in [6, 6.07) is 14.3. The summed E-state index contributed by atoms with van der Waals surface area (Å²) in [6.45, 7) is 5.41. The fourth-order valence-electron chi connectivity index (χ4n) is 3.83. The lowest BCUT2D eigenvalue weighted by Crippen LogP contribution is -2.45. The van der Waals surface area contributed by atoms with E-state index >= 15 is 0 Å². The summed E-state index contributed by atoms with van der Waals surface area (Å²) < 4.78 is 0. The van der Waals surface area contributed by atoms with E-state index in [-0.39, 0.29) is 23.6 Å². The molecule has 0 aliphatic carbocycles. The van der Waals surface area contributed by atoms with Gasteiger partial charge in [-0.15, -0.1) is 0 Å². The molecule has 0 spiro atoms. The van der Waals surface area contributed by atoms with E-state index in [2.05, 4.69) is 10.6 Å². The zero-order valence-corrected chi connectivity index (χ0v) is 19.3. The van der Waals surface area contributed by atoms with Crippen LogP contribution in [0.2, 0.25) is 5.02 Å². The molecule has 0 bridgehead atoms. The molecule has 32 heavy (non-hydrogen) atoms. The van der Waals surface area contributed by atoms with Crippen LogP contribution in [0.4, 0.5) is 5.69 Å². The topological polar surface area (TPSA) is 78.5 Å². The predicted molar refractivity (Wildman–Crippen MR) is 126 cm³/mol. The normalized spacial score (nSPS) is 16.0. The zero-order chi connectivity index (χ0) is 23.1. The summed E-state index contributed by atoms with van der Waals surface area (Å²) in [6.07, 6.45) is 2.00. The zero-order valence-electron chi connectivity index (χ0n) is 18.6. The van der Waals surface area contributed by atoms with Crippen LogP contribution in [0.5, 0.6) is 0 Å². The van der Waals surface area contributed by atoms with Crippen LogP contribution in [-0.4, -0.2) is 35.7 Å². The van der Waals surface area contributed by atoms with Gasteiger partial charge in [0.25, 0.3) is 5.91 Å². The van der Waals surface area contributed by atoms with Crippen molar-refractivity contribution in [2.75, 3.05) is 18.4 Å². The van der Waals surface area contributed by atoms with Gasteiger partial charge in [0.15, 0.2) is 0 Å². The Morgan fingerprint density at radius 1 is 1.12 bits per heavy atom. The van der Waals surface area contributed by atoms with Gasteiger partial charge < -0.3 is 15.5 Å². The molecule has 7 heteroatoms. The van der Waals surface area contributed by atoms with Gasteiger partial charge in [-0.25, -0.2) is 0 Å². The van der Waals surface area contributed by atoms with Crippen LogP contribution in [0.3, 0.4) is 0 Å². The van der Waals surface area contributed by atoms with Crippen molar-refractivity contribution in [2.24, 2.45) is 11.8 Å². The molecule has 2 aromatic carbocycles. The van der Waals surface area contributed by atoms with Crippen LogP contribution in [0.25, 0.3) is 0 Å². The Morgan fingerprint density at radius 3 is 2.59 bits per heavy atom. The Morgan fingerprint density at radius 2 is 1.88 bits per heavy atom. The van der Waals surface area contributed by atoms with Gasteiger partial charge in [-0.1, -0.05) is 37.6 Å². The van der Waals surface area contributed by atoms with Gasteiger partial charge in [-0.3, -0.25) is 14.4 Å². The second-order valence-electron chi connectivity index (χ2n) is 8.66. The molecule has 2 aromatic rings. The SMILES string of the molecule is CC(C)CC(=O)Nc1cccc(CNC(=O)C2CCCN(C(=O)c3ccc(Cl)cc3)C2)c1. The summed E-state index contributed by atoms with van der Waals surface area (Å²) in [4.78, 5) is 39.3. The Kier molecular flexibility index (Phi) is 8.28. The number of carbonyl (C=O) groups excluding carboxylic acids is 3. The maximum absolute atomic E-state index is 12.8. The molecule has 1 atom stereocenters. The lowest BCUT2D eigenvalue weighted by molar-refractivity contribution is -0.126. The van der Waals surface area contributed by atoms with Crippen LogP contribution in [-0.2, 0) is 16.1 Å². The maximum Gasteiger partial charge on any atom is 0.253 e. The molecule has 1 fully saturated rings. The van der Waals surface area contributed by atoms with Crippen LogP contribution in [0.15, 0.2) is 48.5 Å². The average Bonchev–Trinajstić information content (AvgIpc) is 2.77. The van der Waals surface area contributed by atoms with Gasteiger partial charge in [0.1, 0.15) is 0 Å². The Balaban J connectivity index is 1.53. The van der Waals surface area contributed by atoms with Gasteiger partial charge in [-0.05, 0) is 60.7 Å². The monoisotopic (exact) mass is 455 g/mol. The Hall–Kier alpha value is -2.86. The fraction of sp³-hybridized carbons (Fsp3) is 0.400. The van der Waals surface area contributed by atoms with Crippen molar-refractivity contribution >= 4 is 35.0 Å². The van der Waals surface area contributed by atoms with Crippen LogP contribution >= 0.6 is 11.6 Å². The highest BCUT2D eigenvalue weighted by atomic mass is 35.5. The van der Waals surface area contributed by atoms with E-state index in [1.165, 1.54) is 0 Å². The molecule has 1 unspecified atom stereocenters. The molecular weight excluding hydrogens is 426 g/mol. The highest BCUT2D eigenvalue weighted by Gasteiger charge is 2.28. The summed E-state index contributed by atoms with van der Waals surface area (Å²) in [5.74, 6) is -0.112. The van der Waals surface area contributed by atoms with E-state index in [1.54, 1.807) is 29.2 Å². The van der Waals surface area contributed by atoms with Crippen molar-refractivity contribution in [3.63, 3.8) is 0 Å². The number of halogens is 1. The molecule has 1 saturated heterocycles. The molecule has 170 valence electrons. The third-order valence-corrected chi connectivity index (χ3v) is 5.69. The third-order valence-electron chi connectivity index (χ3n) is 5.44. The molecule has 0 saturated carbocycles. The number of anilines is 1. The molecule has 6 nitrogen and oxygen atoms in total. The van der Waals surface area contributed by atoms with Gasteiger partial charge >= 0.3 is 0 Å². The number of rotatable bonds is 7. The summed E-state index contributed by atoms with van der Waals surface area (Å²) in [5, 5.41) is 6.46. The number of likely N-dealkylation sites (tertiary alicyclic amines) is 1. The van der Waals surface area contributed by atoms with Crippen LogP contribution in [0, 0.1) is 11.8 Å². The van der Waals surface area contributed by atoms with E-state index in [0.29, 0.717) is 42.6 Å². The molecule has 1 aliphatic heterocycles. The number of piperidine rings is 1. The van der Waals surface area contributed by atoms with E-state index < -0.39 is 0 Å². The first-order chi connectivity index (χ1) is 15.3. The van der Waals surface area contributed by atoms with Crippen molar-refractivity contribution < 1.29 is 14.4 Å². The summed E-state index contributed by atoms with van der Waals surface area (Å²) in [7, 11) is 0. The second-order valence-corrected chi connectivity index (χ2v) is 9.10. The fourth-order valence-corrected chi connectivity index (χ4v) is 3.95. The van der Waals surface area contributed by atoms with Crippen molar-refractivity contribution in [2.45, 2.75) is 39.7 Å². The molecule has 1 heterocycles. The number of benzene rings is 2. The van der Waals surface area contributed by atoms with E-state index in [0.717, 1.165) is 24.1 Å². The van der Waals surface area contributed by atoms with Crippen LogP contribution in [0.1, 0.15) is 49.0 Å². The lowest BCUT2D eigenvalue weighted by Gasteiger charge is -2.32. The smallest absolute Gasteiger partial charge is 0.253 e. The highest BCUT2D eigenvalue weighted by Crippen LogP contribution is 2.20. The standard InChI is InChI=1S/C25H30ClN3O3/c1-17(2)13-23(30)28-22-7-3-5-18(14-22)15-27-24(31)20-6-4-12-29(16-20)25(32)19-8-10-21(26)11-9-19/h3,5,7-11,14,17,20H,4,6,12-13,15-16H2,1-2H3,(H,27,31)(H,28,30). The average molecular weight is 456 g/mol. The van der Waals surface area contributed by atoms with E-state index in [4.69, 9.17) is 11.6 Å².